The van der Waals surface area contributed by atoms with E-state index in [4.69, 9.17) is 0 Å². The van der Waals surface area contributed by atoms with Gasteiger partial charge in [0.05, 0.1) is 15.7 Å². The van der Waals surface area contributed by atoms with Crippen LogP contribution in [0.3, 0.4) is 0 Å². The van der Waals surface area contributed by atoms with E-state index in [1.165, 1.54) is 74.6 Å². The molecule has 0 atom stereocenters. The van der Waals surface area contributed by atoms with Crippen molar-refractivity contribution in [3.8, 4) is 5.69 Å². The minimum atomic E-state index is 1.19. The Morgan fingerprint density at radius 1 is 0.852 bits per heavy atom. The number of rotatable bonds is 6. The van der Waals surface area contributed by atoms with Crippen molar-refractivity contribution in [2.24, 2.45) is 0 Å². The topological polar surface area (TPSA) is 4.93 Å². The average Bonchev–Trinajstić information content (AvgIpc) is 3.37. The maximum absolute atomic E-state index is 2.46. The summed E-state index contributed by atoms with van der Waals surface area (Å²) in [6.45, 7) is 2.27. The van der Waals surface area contributed by atoms with E-state index in [0.717, 1.165) is 0 Å². The molecule has 0 spiro atoms. The SMILES string of the molecule is CCCCCCc1ccc(-n2c3cscc3c3sc4ccccc4c32)cc1. The van der Waals surface area contributed by atoms with Crippen molar-refractivity contribution >= 4 is 53.9 Å². The van der Waals surface area contributed by atoms with E-state index in [2.05, 4.69) is 70.8 Å². The van der Waals surface area contributed by atoms with Gasteiger partial charge in [0.15, 0.2) is 0 Å². The number of fused-ring (bicyclic) bond motifs is 5. The third-order valence-corrected chi connectivity index (χ3v) is 7.36. The highest BCUT2D eigenvalue weighted by Crippen LogP contribution is 2.43. The van der Waals surface area contributed by atoms with Crippen molar-refractivity contribution < 1.29 is 0 Å². The van der Waals surface area contributed by atoms with Gasteiger partial charge in [0.2, 0.25) is 0 Å². The molecule has 0 unspecified atom stereocenters. The van der Waals surface area contributed by atoms with Crippen LogP contribution >= 0.6 is 22.7 Å². The van der Waals surface area contributed by atoms with Gasteiger partial charge in [-0.3, -0.25) is 0 Å². The van der Waals surface area contributed by atoms with Crippen LogP contribution in [-0.4, -0.2) is 4.57 Å². The van der Waals surface area contributed by atoms with Gasteiger partial charge in [-0.25, -0.2) is 0 Å². The molecule has 2 aromatic carbocycles. The van der Waals surface area contributed by atoms with Crippen molar-refractivity contribution in [3.05, 3.63) is 64.9 Å². The molecular formula is C24H23NS2. The molecule has 0 N–H and O–H groups in total. The fourth-order valence-corrected chi connectivity index (χ4v) is 6.12. The summed E-state index contributed by atoms with van der Waals surface area (Å²) in [5.74, 6) is 0. The summed E-state index contributed by atoms with van der Waals surface area (Å²) in [6.07, 6.45) is 6.48. The number of nitrogens with zero attached hydrogens (tertiary/aromatic N) is 1. The van der Waals surface area contributed by atoms with Crippen LogP contribution in [0.1, 0.15) is 38.2 Å². The first-order valence-corrected chi connectivity index (χ1v) is 11.6. The van der Waals surface area contributed by atoms with Crippen LogP contribution in [0.5, 0.6) is 0 Å². The molecule has 0 fully saturated rings. The van der Waals surface area contributed by atoms with E-state index in [-0.39, 0.29) is 0 Å². The Morgan fingerprint density at radius 3 is 2.56 bits per heavy atom. The van der Waals surface area contributed by atoms with E-state index in [1.807, 2.05) is 11.3 Å². The molecule has 0 saturated heterocycles. The Bertz CT molecular complexity index is 1200. The molecular weight excluding hydrogens is 366 g/mol. The van der Waals surface area contributed by atoms with Crippen molar-refractivity contribution in [1.29, 1.82) is 0 Å². The molecule has 0 bridgehead atoms. The van der Waals surface area contributed by atoms with Gasteiger partial charge < -0.3 is 4.57 Å². The van der Waals surface area contributed by atoms with Crippen LogP contribution in [0.2, 0.25) is 0 Å². The molecule has 1 nitrogen and oxygen atoms in total. The predicted octanol–water partition coefficient (Wildman–Crippen LogP) is 8.18. The Kier molecular flexibility index (Phi) is 4.50. The van der Waals surface area contributed by atoms with E-state index >= 15 is 0 Å². The van der Waals surface area contributed by atoms with Crippen LogP contribution in [0.15, 0.2) is 59.3 Å². The summed E-state index contributed by atoms with van der Waals surface area (Å²) in [5.41, 5.74) is 5.43. The highest BCUT2D eigenvalue weighted by Gasteiger charge is 2.17. The quantitative estimate of drug-likeness (QED) is 0.258. The smallest absolute Gasteiger partial charge is 0.0728 e. The summed E-state index contributed by atoms with van der Waals surface area (Å²) in [6, 6.07) is 18.0. The molecule has 3 heterocycles. The zero-order chi connectivity index (χ0) is 18.2. The van der Waals surface area contributed by atoms with E-state index < -0.39 is 0 Å². The second-order valence-corrected chi connectivity index (χ2v) is 9.05. The lowest BCUT2D eigenvalue weighted by molar-refractivity contribution is 0.667. The summed E-state index contributed by atoms with van der Waals surface area (Å²) < 4.78 is 5.24. The van der Waals surface area contributed by atoms with Crippen LogP contribution in [0.25, 0.3) is 36.9 Å². The normalized spacial score (nSPS) is 11.9. The lowest BCUT2D eigenvalue weighted by Gasteiger charge is -2.08. The number of hydrogen-bond acceptors (Lipinski definition) is 2. The maximum atomic E-state index is 2.46. The number of aromatic nitrogens is 1. The Balaban J connectivity index is 1.60. The van der Waals surface area contributed by atoms with Gasteiger partial charge in [0, 0.05) is 31.9 Å². The molecule has 5 aromatic rings. The molecule has 0 amide bonds. The van der Waals surface area contributed by atoms with Crippen molar-refractivity contribution in [1.82, 2.24) is 4.57 Å². The molecule has 27 heavy (non-hydrogen) atoms. The van der Waals surface area contributed by atoms with Crippen molar-refractivity contribution in [2.75, 3.05) is 0 Å². The highest BCUT2D eigenvalue weighted by atomic mass is 32.1. The Labute approximate surface area is 167 Å². The lowest BCUT2D eigenvalue weighted by atomic mass is 10.1. The van der Waals surface area contributed by atoms with Gasteiger partial charge in [-0.2, -0.15) is 0 Å². The minimum Gasteiger partial charge on any atom is -0.307 e. The van der Waals surface area contributed by atoms with Gasteiger partial charge >= 0.3 is 0 Å². The predicted molar refractivity (Wildman–Crippen MR) is 122 cm³/mol. The van der Waals surface area contributed by atoms with Gasteiger partial charge in [-0.05, 0) is 36.6 Å². The fraction of sp³-hybridized carbons (Fsp3) is 0.250. The average molecular weight is 390 g/mol. The summed E-state index contributed by atoms with van der Waals surface area (Å²) in [4.78, 5) is 0. The maximum Gasteiger partial charge on any atom is 0.0728 e. The molecule has 0 aliphatic carbocycles. The molecule has 136 valence electrons. The van der Waals surface area contributed by atoms with E-state index in [0.29, 0.717) is 0 Å². The monoisotopic (exact) mass is 389 g/mol. The third-order valence-electron chi connectivity index (χ3n) is 5.43. The first-order chi connectivity index (χ1) is 13.4. The molecule has 0 radical (unpaired) electrons. The van der Waals surface area contributed by atoms with Crippen molar-refractivity contribution in [3.63, 3.8) is 0 Å². The third kappa shape index (κ3) is 2.90. The van der Waals surface area contributed by atoms with Crippen molar-refractivity contribution in [2.45, 2.75) is 39.0 Å². The number of hydrogen-bond donors (Lipinski definition) is 0. The Hall–Kier alpha value is -2.10. The van der Waals surface area contributed by atoms with E-state index in [1.54, 1.807) is 11.3 Å². The summed E-state index contributed by atoms with van der Waals surface area (Å²) in [5, 5.41) is 7.34. The molecule has 0 aliphatic rings. The number of aryl methyl sites for hydroxylation is 1. The zero-order valence-electron chi connectivity index (χ0n) is 15.6. The first kappa shape index (κ1) is 17.0. The van der Waals surface area contributed by atoms with Gasteiger partial charge in [0.25, 0.3) is 0 Å². The molecule has 0 saturated carbocycles. The fourth-order valence-electron chi connectivity index (χ4n) is 4.03. The van der Waals surface area contributed by atoms with Crippen LogP contribution in [0.4, 0.5) is 0 Å². The second kappa shape index (κ2) is 7.14. The number of unbranched alkanes of at least 4 members (excludes halogenated alkanes) is 3. The summed E-state index contributed by atoms with van der Waals surface area (Å²) >= 11 is 3.71. The van der Waals surface area contributed by atoms with Gasteiger partial charge in [0.1, 0.15) is 0 Å². The van der Waals surface area contributed by atoms with Gasteiger partial charge in [-0.15, -0.1) is 22.7 Å². The standard InChI is InChI=1S/C24H23NS2/c1-2-3-4-5-8-17-11-13-18(14-12-17)25-21-16-26-15-20(21)24-23(25)19-9-6-7-10-22(19)27-24/h6-7,9-16H,2-5,8H2,1H3. The zero-order valence-corrected chi connectivity index (χ0v) is 17.2. The Morgan fingerprint density at radius 2 is 1.70 bits per heavy atom. The largest absolute Gasteiger partial charge is 0.307 e. The second-order valence-electron chi connectivity index (χ2n) is 7.26. The minimum absolute atomic E-state index is 1.19. The molecule has 5 rings (SSSR count). The van der Waals surface area contributed by atoms with E-state index in [9.17, 15) is 0 Å². The van der Waals surface area contributed by atoms with Crippen LogP contribution < -0.4 is 0 Å². The van der Waals surface area contributed by atoms with Crippen LogP contribution in [-0.2, 0) is 6.42 Å². The molecule has 0 aliphatic heterocycles. The van der Waals surface area contributed by atoms with Gasteiger partial charge in [-0.1, -0.05) is 56.5 Å². The number of benzene rings is 2. The summed E-state index contributed by atoms with van der Waals surface area (Å²) in [7, 11) is 0. The molecule has 3 aromatic heterocycles. The first-order valence-electron chi connectivity index (χ1n) is 9.84. The molecule has 3 heteroatoms. The highest BCUT2D eigenvalue weighted by molar-refractivity contribution is 7.27. The van der Waals surface area contributed by atoms with Crippen LogP contribution in [0, 0.1) is 0 Å². The lowest BCUT2D eigenvalue weighted by Crippen LogP contribution is -1.94. The number of thiophene rings is 2.